The third kappa shape index (κ3) is 7.63. The maximum absolute atomic E-state index is 12.6. The van der Waals surface area contributed by atoms with Gasteiger partial charge in [0.1, 0.15) is 24.9 Å². The number of phenolic OH excluding ortho intramolecular Hbond substituents is 1. The number of amides is 2. The molecular weight excluding hydrogens is 618 g/mol. The van der Waals surface area contributed by atoms with Gasteiger partial charge < -0.3 is 25.2 Å². The number of nitrogens with one attached hydrogen (secondary N) is 2. The molecule has 8 nitrogen and oxygen atoms in total. The van der Waals surface area contributed by atoms with Crippen molar-refractivity contribution >= 4 is 63.2 Å². The Kier molecular flexibility index (Phi) is 9.62. The van der Waals surface area contributed by atoms with Crippen LogP contribution in [0.15, 0.2) is 42.5 Å². The van der Waals surface area contributed by atoms with Crippen LogP contribution in [0.25, 0.3) is 0 Å². The maximum Gasteiger partial charge on any atom is 0.408 e. The van der Waals surface area contributed by atoms with Gasteiger partial charge >= 0.3 is 12.1 Å². The van der Waals surface area contributed by atoms with Gasteiger partial charge in [0.05, 0.1) is 14.3 Å². The third-order valence-corrected chi connectivity index (χ3v) is 5.62. The van der Waals surface area contributed by atoms with E-state index in [9.17, 15) is 19.5 Å². The van der Waals surface area contributed by atoms with Crippen LogP contribution in [-0.2, 0) is 32.1 Å². The van der Waals surface area contributed by atoms with Crippen molar-refractivity contribution in [3.63, 3.8) is 0 Å². The molecule has 0 unspecified atom stereocenters. The maximum atomic E-state index is 12.6. The molecule has 0 aliphatic carbocycles. The third-order valence-electron chi connectivity index (χ3n) is 3.97. The van der Waals surface area contributed by atoms with Crippen LogP contribution in [0.4, 0.5) is 4.79 Å². The summed E-state index contributed by atoms with van der Waals surface area (Å²) in [5.74, 6) is -1.01. The summed E-state index contributed by atoms with van der Waals surface area (Å²) in [7, 11) is 1.21. The number of rotatable bonds is 8. The van der Waals surface area contributed by atoms with Crippen molar-refractivity contribution in [3.05, 3.63) is 60.7 Å². The number of methoxy groups -OCH3 is 1. The number of carbonyl (C=O) groups is 3. The van der Waals surface area contributed by atoms with Crippen LogP contribution in [0.3, 0.4) is 0 Å². The van der Waals surface area contributed by atoms with Crippen LogP contribution in [0.2, 0.25) is 0 Å². The minimum atomic E-state index is -0.992. The van der Waals surface area contributed by atoms with Crippen molar-refractivity contribution in [1.82, 2.24) is 10.6 Å². The normalized spacial score (nSPS) is 11.3. The number of carbonyl (C=O) groups excluding carboxylic acids is 3. The summed E-state index contributed by atoms with van der Waals surface area (Å²) < 4.78 is 11.0. The molecule has 2 aromatic rings. The Morgan fingerprint density at radius 1 is 1.07 bits per heavy atom. The number of esters is 1. The Labute approximate surface area is 201 Å². The number of alkyl carbamates (subject to hydrolysis) is 1. The highest BCUT2D eigenvalue weighted by Crippen LogP contribution is 2.27. The van der Waals surface area contributed by atoms with Gasteiger partial charge in [-0.25, -0.2) is 4.79 Å². The molecule has 0 aliphatic heterocycles. The van der Waals surface area contributed by atoms with Crippen molar-refractivity contribution in [2.75, 3.05) is 13.7 Å². The molecule has 2 rings (SSSR count). The van der Waals surface area contributed by atoms with Gasteiger partial charge in [0.25, 0.3) is 0 Å². The zero-order valence-corrected chi connectivity index (χ0v) is 20.3. The van der Waals surface area contributed by atoms with Crippen LogP contribution < -0.4 is 10.6 Å². The Morgan fingerprint density at radius 2 is 1.70 bits per heavy atom. The lowest BCUT2D eigenvalue weighted by Gasteiger charge is -2.19. The molecule has 0 saturated carbocycles. The first kappa shape index (κ1) is 24.2. The van der Waals surface area contributed by atoms with E-state index in [2.05, 4.69) is 15.4 Å². The minimum Gasteiger partial charge on any atom is -0.506 e. The Balaban J connectivity index is 2.08. The molecule has 3 N–H and O–H groups in total. The van der Waals surface area contributed by atoms with Gasteiger partial charge in [-0.3, -0.25) is 9.59 Å². The standard InChI is InChI=1S/C20H20I2N2O6/c1-29-17(25)10-23-19(27)16(9-13-7-14(21)18(26)15(22)8-13)24-20(28)30-11-12-5-3-2-4-6-12/h2-8,16,26H,9-11H2,1H3,(H,23,27)(H,24,28)/t16-/m0/s1. The van der Waals surface area contributed by atoms with E-state index >= 15 is 0 Å². The fourth-order valence-corrected chi connectivity index (χ4v) is 4.34. The molecule has 2 aromatic carbocycles. The van der Waals surface area contributed by atoms with Crippen molar-refractivity contribution in [3.8, 4) is 5.75 Å². The molecule has 0 saturated heterocycles. The van der Waals surface area contributed by atoms with Crippen molar-refractivity contribution in [2.24, 2.45) is 0 Å². The molecule has 160 valence electrons. The van der Waals surface area contributed by atoms with Gasteiger partial charge in [0.2, 0.25) is 5.91 Å². The molecule has 0 fully saturated rings. The lowest BCUT2D eigenvalue weighted by atomic mass is 10.1. The van der Waals surface area contributed by atoms with Crippen LogP contribution in [-0.4, -0.2) is 42.8 Å². The van der Waals surface area contributed by atoms with Crippen molar-refractivity contribution in [2.45, 2.75) is 19.1 Å². The van der Waals surface area contributed by atoms with E-state index in [1.165, 1.54) is 7.11 Å². The van der Waals surface area contributed by atoms with Crippen LogP contribution in [0.5, 0.6) is 5.75 Å². The molecule has 30 heavy (non-hydrogen) atoms. The monoisotopic (exact) mass is 638 g/mol. The van der Waals surface area contributed by atoms with E-state index in [1.807, 2.05) is 75.5 Å². The molecule has 0 bridgehead atoms. The van der Waals surface area contributed by atoms with Gasteiger partial charge in [-0.2, -0.15) is 0 Å². The Hall–Kier alpha value is -2.09. The SMILES string of the molecule is COC(=O)CNC(=O)[C@H](Cc1cc(I)c(O)c(I)c1)NC(=O)OCc1ccccc1. The fourth-order valence-electron chi connectivity index (χ4n) is 2.44. The topological polar surface area (TPSA) is 114 Å². The largest absolute Gasteiger partial charge is 0.506 e. The summed E-state index contributed by atoms with van der Waals surface area (Å²) in [6.45, 7) is -0.268. The van der Waals surface area contributed by atoms with E-state index in [-0.39, 0.29) is 25.3 Å². The molecule has 0 heterocycles. The molecular formula is C20H20I2N2O6. The van der Waals surface area contributed by atoms with Gasteiger partial charge in [0, 0.05) is 6.42 Å². The summed E-state index contributed by atoms with van der Waals surface area (Å²) in [4.78, 5) is 36.2. The van der Waals surface area contributed by atoms with Crippen LogP contribution in [0, 0.1) is 7.14 Å². The second-order valence-electron chi connectivity index (χ2n) is 6.16. The first-order chi connectivity index (χ1) is 14.3. The number of halogens is 2. The molecule has 2 amide bonds. The Morgan fingerprint density at radius 3 is 2.30 bits per heavy atom. The highest BCUT2D eigenvalue weighted by atomic mass is 127. The zero-order chi connectivity index (χ0) is 22.1. The number of phenols is 1. The first-order valence-electron chi connectivity index (χ1n) is 8.78. The molecule has 1 atom stereocenters. The predicted octanol–water partition coefficient (Wildman–Crippen LogP) is 2.73. The quantitative estimate of drug-likeness (QED) is 0.303. The summed E-state index contributed by atoms with van der Waals surface area (Å²) in [5, 5.41) is 14.9. The van der Waals surface area contributed by atoms with E-state index < -0.39 is 24.0 Å². The second-order valence-corrected chi connectivity index (χ2v) is 8.49. The molecule has 0 aliphatic rings. The van der Waals surface area contributed by atoms with Crippen LogP contribution in [0.1, 0.15) is 11.1 Å². The molecule has 0 aromatic heterocycles. The molecule has 0 radical (unpaired) electrons. The van der Waals surface area contributed by atoms with E-state index in [0.717, 1.165) is 11.1 Å². The number of ether oxygens (including phenoxy) is 2. The predicted molar refractivity (Wildman–Crippen MR) is 126 cm³/mol. The number of benzene rings is 2. The average Bonchev–Trinajstić information content (AvgIpc) is 2.74. The fraction of sp³-hybridized carbons (Fsp3) is 0.250. The second kappa shape index (κ2) is 11.9. The molecule has 0 spiro atoms. The van der Waals surface area contributed by atoms with E-state index in [0.29, 0.717) is 7.14 Å². The highest BCUT2D eigenvalue weighted by molar-refractivity contribution is 14.1. The minimum absolute atomic E-state index is 0.0537. The van der Waals surface area contributed by atoms with Gasteiger partial charge in [0.15, 0.2) is 0 Å². The van der Waals surface area contributed by atoms with Crippen LogP contribution >= 0.6 is 45.2 Å². The Bertz CT molecular complexity index is 884. The zero-order valence-electron chi connectivity index (χ0n) is 16.0. The average molecular weight is 638 g/mol. The molecule has 10 heteroatoms. The lowest BCUT2D eigenvalue weighted by molar-refractivity contribution is -0.141. The summed E-state index contributed by atoms with van der Waals surface area (Å²) >= 11 is 3.97. The summed E-state index contributed by atoms with van der Waals surface area (Å²) in [5.41, 5.74) is 1.53. The van der Waals surface area contributed by atoms with Gasteiger partial charge in [-0.1, -0.05) is 30.3 Å². The van der Waals surface area contributed by atoms with Gasteiger partial charge in [-0.05, 0) is 68.4 Å². The van der Waals surface area contributed by atoms with Crippen molar-refractivity contribution < 1.29 is 29.0 Å². The van der Waals surface area contributed by atoms with Crippen molar-refractivity contribution in [1.29, 1.82) is 0 Å². The summed E-state index contributed by atoms with van der Waals surface area (Å²) in [6.07, 6.45) is -0.625. The number of hydrogen-bond acceptors (Lipinski definition) is 6. The number of aromatic hydroxyl groups is 1. The first-order valence-corrected chi connectivity index (χ1v) is 10.9. The summed E-state index contributed by atoms with van der Waals surface area (Å²) in [6, 6.07) is 11.6. The highest BCUT2D eigenvalue weighted by Gasteiger charge is 2.23. The van der Waals surface area contributed by atoms with E-state index in [1.54, 1.807) is 12.1 Å². The number of hydrogen-bond donors (Lipinski definition) is 3. The lowest BCUT2D eigenvalue weighted by Crippen LogP contribution is -2.49. The van der Waals surface area contributed by atoms with Gasteiger partial charge in [-0.15, -0.1) is 0 Å². The van der Waals surface area contributed by atoms with E-state index in [4.69, 9.17) is 4.74 Å². The smallest absolute Gasteiger partial charge is 0.408 e.